The van der Waals surface area contributed by atoms with E-state index in [0.717, 1.165) is 12.7 Å². The van der Waals surface area contributed by atoms with Gasteiger partial charge in [-0.2, -0.15) is 0 Å². The minimum atomic E-state index is -3.57. The molecule has 0 spiro atoms. The van der Waals surface area contributed by atoms with Crippen LogP contribution in [0.2, 0.25) is 0 Å². The van der Waals surface area contributed by atoms with Crippen LogP contribution in [0.15, 0.2) is 12.2 Å². The molecule has 1 rings (SSSR count). The molecule has 0 amide bonds. The van der Waals surface area contributed by atoms with Crippen LogP contribution in [0, 0.1) is 0 Å². The highest BCUT2D eigenvalue weighted by Gasteiger charge is 2.46. The van der Waals surface area contributed by atoms with Gasteiger partial charge in [0.1, 0.15) is 0 Å². The Morgan fingerprint density at radius 3 is 2.38 bits per heavy atom. The van der Waals surface area contributed by atoms with Gasteiger partial charge >= 0.3 is 5.97 Å². The fourth-order valence-corrected chi connectivity index (χ4v) is 2.66. The van der Waals surface area contributed by atoms with Crippen LogP contribution in [0.25, 0.3) is 0 Å². The van der Waals surface area contributed by atoms with E-state index in [0.29, 0.717) is 6.42 Å². The van der Waals surface area contributed by atoms with Gasteiger partial charge in [0, 0.05) is 6.26 Å². The molecule has 4 nitrogen and oxygen atoms in total. The Kier molecular flexibility index (Phi) is 2.47. The third-order valence-corrected chi connectivity index (χ3v) is 4.17. The van der Waals surface area contributed by atoms with E-state index in [-0.39, 0.29) is 6.42 Å². The zero-order valence-electron chi connectivity index (χ0n) is 7.36. The molecule has 0 aliphatic heterocycles. The Morgan fingerprint density at radius 2 is 2.15 bits per heavy atom. The van der Waals surface area contributed by atoms with E-state index in [1.54, 1.807) is 6.08 Å². The van der Waals surface area contributed by atoms with Crippen molar-refractivity contribution >= 4 is 15.8 Å². The standard InChI is InChI=1S/C8H12O4S/c1-13(11,12)8(7(9)10)5-3-2-4-6-8/h3,5H,2,4,6H2,1H3,(H,9,10). The summed E-state index contributed by atoms with van der Waals surface area (Å²) in [5.41, 5.74) is 0. The zero-order valence-corrected chi connectivity index (χ0v) is 8.17. The predicted octanol–water partition coefficient (Wildman–Crippen LogP) is 0.594. The molecule has 0 fully saturated rings. The Hall–Kier alpha value is -0.840. The molecule has 1 unspecified atom stereocenters. The van der Waals surface area contributed by atoms with E-state index >= 15 is 0 Å². The van der Waals surface area contributed by atoms with Crippen molar-refractivity contribution in [3.8, 4) is 0 Å². The summed E-state index contributed by atoms with van der Waals surface area (Å²) in [5.74, 6) is -1.27. The van der Waals surface area contributed by atoms with Gasteiger partial charge in [-0.05, 0) is 19.3 Å². The number of sulfone groups is 1. The average molecular weight is 204 g/mol. The van der Waals surface area contributed by atoms with Crippen LogP contribution >= 0.6 is 0 Å². The predicted molar refractivity (Wildman–Crippen MR) is 48.2 cm³/mol. The van der Waals surface area contributed by atoms with Gasteiger partial charge in [0.25, 0.3) is 0 Å². The lowest BCUT2D eigenvalue weighted by Crippen LogP contribution is -2.45. The Bertz CT molecular complexity index is 341. The molecule has 0 saturated heterocycles. The van der Waals surface area contributed by atoms with Gasteiger partial charge in [-0.15, -0.1) is 0 Å². The number of hydrogen-bond acceptors (Lipinski definition) is 3. The maximum Gasteiger partial charge on any atom is 0.329 e. The summed E-state index contributed by atoms with van der Waals surface area (Å²) in [6.45, 7) is 0. The lowest BCUT2D eigenvalue weighted by atomic mass is 9.95. The first-order valence-electron chi connectivity index (χ1n) is 4.01. The lowest BCUT2D eigenvalue weighted by molar-refractivity contribution is -0.139. The fraction of sp³-hybridized carbons (Fsp3) is 0.625. The first-order chi connectivity index (χ1) is 5.90. The molecule has 0 aromatic carbocycles. The van der Waals surface area contributed by atoms with Crippen molar-refractivity contribution in [2.45, 2.75) is 24.0 Å². The molecule has 13 heavy (non-hydrogen) atoms. The molecule has 0 heterocycles. The van der Waals surface area contributed by atoms with Crippen LogP contribution in [0.4, 0.5) is 0 Å². The molecule has 1 N–H and O–H groups in total. The molecule has 74 valence electrons. The maximum atomic E-state index is 11.3. The van der Waals surface area contributed by atoms with E-state index in [1.165, 1.54) is 6.08 Å². The van der Waals surface area contributed by atoms with Crippen molar-refractivity contribution in [1.82, 2.24) is 0 Å². The molecule has 0 aromatic heterocycles. The van der Waals surface area contributed by atoms with Gasteiger partial charge in [-0.25, -0.2) is 8.42 Å². The molecule has 5 heteroatoms. The van der Waals surface area contributed by atoms with E-state index < -0.39 is 20.6 Å². The molecule has 1 aliphatic rings. The topological polar surface area (TPSA) is 71.4 Å². The largest absolute Gasteiger partial charge is 0.480 e. The van der Waals surface area contributed by atoms with Crippen LogP contribution in [0.3, 0.4) is 0 Å². The summed E-state index contributed by atoms with van der Waals surface area (Å²) in [4.78, 5) is 10.9. The Labute approximate surface area is 77.2 Å². The Morgan fingerprint density at radius 1 is 1.54 bits per heavy atom. The summed E-state index contributed by atoms with van der Waals surface area (Å²) >= 11 is 0. The van der Waals surface area contributed by atoms with Gasteiger partial charge in [-0.1, -0.05) is 12.2 Å². The number of carbonyl (C=O) groups is 1. The summed E-state index contributed by atoms with van der Waals surface area (Å²) in [6.07, 6.45) is 5.43. The number of carboxylic acids is 1. The lowest BCUT2D eigenvalue weighted by Gasteiger charge is -2.26. The molecule has 0 radical (unpaired) electrons. The second kappa shape index (κ2) is 3.14. The quantitative estimate of drug-likeness (QED) is 0.668. The zero-order chi connectivity index (χ0) is 10.1. The highest BCUT2D eigenvalue weighted by Crippen LogP contribution is 2.29. The fourth-order valence-electron chi connectivity index (χ4n) is 1.49. The van der Waals surface area contributed by atoms with Crippen LogP contribution < -0.4 is 0 Å². The highest BCUT2D eigenvalue weighted by atomic mass is 32.2. The minimum Gasteiger partial charge on any atom is -0.480 e. The second-order valence-corrected chi connectivity index (χ2v) is 5.53. The van der Waals surface area contributed by atoms with Crippen LogP contribution in [0.5, 0.6) is 0 Å². The van der Waals surface area contributed by atoms with Crippen molar-refractivity contribution < 1.29 is 18.3 Å². The highest BCUT2D eigenvalue weighted by molar-refractivity contribution is 7.93. The first kappa shape index (κ1) is 10.2. The number of rotatable bonds is 2. The summed E-state index contributed by atoms with van der Waals surface area (Å²) in [6, 6.07) is 0. The number of allylic oxidation sites excluding steroid dienone is 1. The second-order valence-electron chi connectivity index (χ2n) is 3.26. The van der Waals surface area contributed by atoms with E-state index in [1.807, 2.05) is 0 Å². The van der Waals surface area contributed by atoms with Crippen molar-refractivity contribution in [2.75, 3.05) is 6.26 Å². The number of hydrogen-bond donors (Lipinski definition) is 1. The smallest absolute Gasteiger partial charge is 0.329 e. The van der Waals surface area contributed by atoms with Crippen molar-refractivity contribution in [3.05, 3.63) is 12.2 Å². The number of carboxylic acid groups (broad SMARTS) is 1. The molecular formula is C8H12O4S. The summed E-state index contributed by atoms with van der Waals surface area (Å²) in [5, 5.41) is 8.89. The van der Waals surface area contributed by atoms with Crippen LogP contribution in [-0.4, -0.2) is 30.5 Å². The maximum absolute atomic E-state index is 11.3. The monoisotopic (exact) mass is 204 g/mol. The Balaban J connectivity index is 3.24. The van der Waals surface area contributed by atoms with Gasteiger partial charge < -0.3 is 5.11 Å². The van der Waals surface area contributed by atoms with Crippen molar-refractivity contribution in [3.63, 3.8) is 0 Å². The molecule has 1 atom stereocenters. The van der Waals surface area contributed by atoms with Crippen LogP contribution in [-0.2, 0) is 14.6 Å². The van der Waals surface area contributed by atoms with E-state index in [4.69, 9.17) is 5.11 Å². The molecule has 0 bridgehead atoms. The molecule has 0 saturated carbocycles. The number of aliphatic carboxylic acids is 1. The summed E-state index contributed by atoms with van der Waals surface area (Å²) in [7, 11) is -3.57. The molecular weight excluding hydrogens is 192 g/mol. The van der Waals surface area contributed by atoms with Crippen molar-refractivity contribution in [1.29, 1.82) is 0 Å². The van der Waals surface area contributed by atoms with Gasteiger partial charge in [0.15, 0.2) is 14.6 Å². The van der Waals surface area contributed by atoms with Gasteiger partial charge in [0.2, 0.25) is 0 Å². The SMILES string of the molecule is CS(=O)(=O)C1(C(=O)O)C=CCCC1. The third kappa shape index (κ3) is 1.60. The third-order valence-electron chi connectivity index (χ3n) is 2.33. The van der Waals surface area contributed by atoms with Gasteiger partial charge in [-0.3, -0.25) is 4.79 Å². The van der Waals surface area contributed by atoms with E-state index in [2.05, 4.69) is 0 Å². The average Bonchev–Trinajstić information content (AvgIpc) is 2.03. The van der Waals surface area contributed by atoms with E-state index in [9.17, 15) is 13.2 Å². The molecule has 0 aromatic rings. The minimum absolute atomic E-state index is 0.178. The van der Waals surface area contributed by atoms with Crippen LogP contribution in [0.1, 0.15) is 19.3 Å². The first-order valence-corrected chi connectivity index (χ1v) is 5.90. The molecule has 1 aliphatic carbocycles. The normalized spacial score (nSPS) is 28.7. The van der Waals surface area contributed by atoms with Gasteiger partial charge in [0.05, 0.1) is 0 Å². The van der Waals surface area contributed by atoms with Crippen molar-refractivity contribution in [2.24, 2.45) is 0 Å². The summed E-state index contributed by atoms with van der Waals surface area (Å²) < 4.78 is 21.0.